The molecule has 0 radical (unpaired) electrons. The number of hydrogen-bond acceptors (Lipinski definition) is 5. The van der Waals surface area contributed by atoms with Gasteiger partial charge in [0.2, 0.25) is 11.7 Å². The average molecular weight is 537 g/mol. The van der Waals surface area contributed by atoms with Gasteiger partial charge in [-0.25, -0.2) is 0 Å². The van der Waals surface area contributed by atoms with E-state index in [0.717, 1.165) is 37.7 Å². The molecule has 7 nitrogen and oxygen atoms in total. The molecule has 1 aromatic heterocycles. The summed E-state index contributed by atoms with van der Waals surface area (Å²) in [7, 11) is 0. The molecule has 4 aromatic rings. The van der Waals surface area contributed by atoms with Gasteiger partial charge in [-0.2, -0.15) is 0 Å². The second-order valence-corrected chi connectivity index (χ2v) is 10.4. The fourth-order valence-electron chi connectivity index (χ4n) is 5.33. The molecule has 3 aromatic carbocycles. The van der Waals surface area contributed by atoms with Gasteiger partial charge in [0, 0.05) is 18.2 Å². The molecular weight excluding hydrogens is 504 g/mol. The Morgan fingerprint density at radius 2 is 1.60 bits per heavy atom. The van der Waals surface area contributed by atoms with E-state index < -0.39 is 29.1 Å². The van der Waals surface area contributed by atoms with E-state index in [1.54, 1.807) is 42.5 Å². The molecule has 1 fully saturated rings. The van der Waals surface area contributed by atoms with Gasteiger partial charge in [0.05, 0.1) is 10.9 Å². The second kappa shape index (κ2) is 12.1. The minimum absolute atomic E-state index is 0.0107. The Kier molecular flexibility index (Phi) is 8.20. The van der Waals surface area contributed by atoms with Crippen LogP contribution in [0.4, 0.5) is 0 Å². The van der Waals surface area contributed by atoms with Gasteiger partial charge in [0.25, 0.3) is 5.91 Å². The van der Waals surface area contributed by atoms with Crippen molar-refractivity contribution in [1.29, 1.82) is 0 Å². The van der Waals surface area contributed by atoms with E-state index in [4.69, 9.17) is 4.42 Å². The highest BCUT2D eigenvalue weighted by molar-refractivity contribution is 6.43. The Bertz CT molecular complexity index is 1570. The molecule has 1 unspecified atom stereocenters. The van der Waals surface area contributed by atoms with Crippen molar-refractivity contribution in [2.24, 2.45) is 0 Å². The molecule has 2 amide bonds. The summed E-state index contributed by atoms with van der Waals surface area (Å²) in [6.45, 7) is 1.81. The van der Waals surface area contributed by atoms with E-state index >= 15 is 0 Å². The minimum Gasteiger partial charge on any atom is -0.464 e. The van der Waals surface area contributed by atoms with E-state index in [0.29, 0.717) is 16.5 Å². The zero-order chi connectivity index (χ0) is 28.1. The summed E-state index contributed by atoms with van der Waals surface area (Å²) in [5.41, 5.74) is 1.76. The van der Waals surface area contributed by atoms with E-state index in [2.05, 4.69) is 5.32 Å². The maximum atomic E-state index is 14.1. The first-order chi connectivity index (χ1) is 19.4. The van der Waals surface area contributed by atoms with Crippen molar-refractivity contribution in [3.63, 3.8) is 0 Å². The number of amides is 2. The predicted octanol–water partition coefficient (Wildman–Crippen LogP) is 5.50. The van der Waals surface area contributed by atoms with Crippen molar-refractivity contribution < 1.29 is 18.8 Å². The van der Waals surface area contributed by atoms with Crippen molar-refractivity contribution in [2.75, 3.05) is 0 Å². The Balaban J connectivity index is 1.64. The molecule has 1 aliphatic rings. The smallest absolute Gasteiger partial charge is 0.296 e. The highest BCUT2D eigenvalue weighted by Gasteiger charge is 2.38. The molecule has 1 heterocycles. The van der Waals surface area contributed by atoms with E-state index in [9.17, 15) is 19.2 Å². The van der Waals surface area contributed by atoms with Crippen LogP contribution in [-0.4, -0.2) is 28.5 Å². The molecule has 1 atom stereocenters. The SMILES string of the molecule is Cc1ccc2occ(C(C(=O)NC3CCCCC3)N(Cc3ccccc3)C(=O)C(=O)c3ccccc3)c(=O)c2c1. The lowest BCUT2D eigenvalue weighted by Gasteiger charge is -2.32. The van der Waals surface area contributed by atoms with E-state index in [1.165, 1.54) is 11.2 Å². The van der Waals surface area contributed by atoms with E-state index in [1.807, 2.05) is 43.3 Å². The summed E-state index contributed by atoms with van der Waals surface area (Å²) >= 11 is 0. The van der Waals surface area contributed by atoms with Crippen molar-refractivity contribution in [1.82, 2.24) is 10.2 Å². The minimum atomic E-state index is -1.37. The van der Waals surface area contributed by atoms with Crippen LogP contribution < -0.4 is 10.7 Å². The quantitative estimate of drug-likeness (QED) is 0.237. The number of carbonyl (C=O) groups excluding carboxylic acids is 3. The number of hydrogen-bond donors (Lipinski definition) is 1. The molecule has 5 rings (SSSR count). The number of aryl methyl sites for hydroxylation is 1. The lowest BCUT2D eigenvalue weighted by Crippen LogP contribution is -2.49. The highest BCUT2D eigenvalue weighted by atomic mass is 16.3. The van der Waals surface area contributed by atoms with Crippen LogP contribution in [0.15, 0.2) is 94.3 Å². The third-order valence-corrected chi connectivity index (χ3v) is 7.45. The summed E-state index contributed by atoms with van der Waals surface area (Å²) in [6.07, 6.45) is 5.98. The van der Waals surface area contributed by atoms with Crippen LogP contribution in [0.5, 0.6) is 0 Å². The fraction of sp³-hybridized carbons (Fsp3) is 0.273. The van der Waals surface area contributed by atoms with Crippen LogP contribution >= 0.6 is 0 Å². The van der Waals surface area contributed by atoms with Gasteiger partial charge in [-0.15, -0.1) is 0 Å². The van der Waals surface area contributed by atoms with Gasteiger partial charge in [0.1, 0.15) is 17.9 Å². The van der Waals surface area contributed by atoms with Gasteiger partial charge in [-0.1, -0.05) is 91.6 Å². The number of carbonyl (C=O) groups is 3. The Morgan fingerprint density at radius 1 is 0.925 bits per heavy atom. The average Bonchev–Trinajstić information content (AvgIpc) is 2.99. The Labute approximate surface area is 232 Å². The van der Waals surface area contributed by atoms with Gasteiger partial charge in [0.15, 0.2) is 5.43 Å². The third-order valence-electron chi connectivity index (χ3n) is 7.45. The second-order valence-electron chi connectivity index (χ2n) is 10.4. The zero-order valence-electron chi connectivity index (χ0n) is 22.5. The molecule has 1 aliphatic carbocycles. The Hall–Kier alpha value is -4.52. The summed E-state index contributed by atoms with van der Waals surface area (Å²) in [5.74, 6) is -2.13. The summed E-state index contributed by atoms with van der Waals surface area (Å²) < 4.78 is 5.82. The monoisotopic (exact) mass is 536 g/mol. The first kappa shape index (κ1) is 27.1. The third kappa shape index (κ3) is 5.88. The number of rotatable bonds is 8. The molecule has 0 spiro atoms. The first-order valence-corrected chi connectivity index (χ1v) is 13.7. The standard InChI is InChI=1S/C33H32N2O5/c1-22-17-18-28-26(19-22)31(37)27(21-40-28)29(32(38)34-25-15-9-4-10-16-25)35(20-23-11-5-2-6-12-23)33(39)30(36)24-13-7-3-8-14-24/h2-3,5-8,11-14,17-19,21,25,29H,4,9-10,15-16,20H2,1H3,(H,34,38). The van der Waals surface area contributed by atoms with Crippen molar-refractivity contribution in [2.45, 2.75) is 57.7 Å². The number of fused-ring (bicyclic) bond motifs is 1. The van der Waals surface area contributed by atoms with Crippen LogP contribution in [0.3, 0.4) is 0 Å². The van der Waals surface area contributed by atoms with Gasteiger partial charge >= 0.3 is 0 Å². The van der Waals surface area contributed by atoms with Crippen LogP contribution in [0.2, 0.25) is 0 Å². The molecule has 7 heteroatoms. The van der Waals surface area contributed by atoms with Crippen LogP contribution in [0, 0.1) is 6.92 Å². The van der Waals surface area contributed by atoms with Crippen molar-refractivity contribution in [3.05, 3.63) is 118 Å². The molecular formula is C33H32N2O5. The summed E-state index contributed by atoms with van der Waals surface area (Å²) in [5, 5.41) is 3.39. The van der Waals surface area contributed by atoms with Crippen LogP contribution in [-0.2, 0) is 16.1 Å². The van der Waals surface area contributed by atoms with Gasteiger partial charge in [-0.05, 0) is 37.5 Å². The number of Topliss-reactive ketones (excluding diaryl/α,β-unsaturated/α-hetero) is 1. The number of nitrogens with one attached hydrogen (secondary N) is 1. The fourth-order valence-corrected chi connectivity index (χ4v) is 5.33. The van der Waals surface area contributed by atoms with Crippen molar-refractivity contribution in [3.8, 4) is 0 Å². The normalized spacial score (nSPS) is 14.4. The van der Waals surface area contributed by atoms with Crippen LogP contribution in [0.25, 0.3) is 11.0 Å². The molecule has 0 bridgehead atoms. The number of ketones is 1. The van der Waals surface area contributed by atoms with Crippen LogP contribution in [0.1, 0.15) is 65.2 Å². The van der Waals surface area contributed by atoms with Gasteiger partial charge in [-0.3, -0.25) is 19.2 Å². The molecule has 0 aliphatic heterocycles. The highest BCUT2D eigenvalue weighted by Crippen LogP contribution is 2.27. The zero-order valence-corrected chi connectivity index (χ0v) is 22.5. The molecule has 40 heavy (non-hydrogen) atoms. The van der Waals surface area contributed by atoms with E-state index in [-0.39, 0.29) is 23.7 Å². The molecule has 204 valence electrons. The first-order valence-electron chi connectivity index (χ1n) is 13.7. The lowest BCUT2D eigenvalue weighted by atomic mass is 9.94. The molecule has 0 saturated heterocycles. The number of nitrogens with zero attached hydrogens (tertiary/aromatic N) is 1. The van der Waals surface area contributed by atoms with Crippen molar-refractivity contribution >= 4 is 28.6 Å². The Morgan fingerprint density at radius 3 is 2.30 bits per heavy atom. The largest absolute Gasteiger partial charge is 0.464 e. The predicted molar refractivity (Wildman–Crippen MR) is 153 cm³/mol. The summed E-state index contributed by atoms with van der Waals surface area (Å²) in [4.78, 5) is 56.5. The topological polar surface area (TPSA) is 96.7 Å². The number of benzene rings is 3. The molecule has 1 saturated carbocycles. The maximum absolute atomic E-state index is 14.1. The lowest BCUT2D eigenvalue weighted by molar-refractivity contribution is -0.138. The maximum Gasteiger partial charge on any atom is 0.296 e. The van der Waals surface area contributed by atoms with Gasteiger partial charge < -0.3 is 14.6 Å². The summed E-state index contributed by atoms with van der Waals surface area (Å²) in [6, 6.07) is 21.2. The molecule has 1 N–H and O–H groups in total.